The van der Waals surface area contributed by atoms with Crippen LogP contribution in [0.5, 0.6) is 0 Å². The van der Waals surface area contributed by atoms with Gasteiger partial charge in [-0.05, 0) is 37.3 Å². The van der Waals surface area contributed by atoms with Gasteiger partial charge in [0, 0.05) is 4.88 Å². The molecule has 0 spiro atoms. The number of rotatable bonds is 4. The van der Waals surface area contributed by atoms with Gasteiger partial charge in [0.2, 0.25) is 10.0 Å². The highest BCUT2D eigenvalue weighted by atomic mass is 35.5. The monoisotopic (exact) mass is 344 g/mol. The molecule has 0 radical (unpaired) electrons. The maximum Gasteiger partial charge on any atom is 0.241 e. The van der Waals surface area contributed by atoms with Gasteiger partial charge in [-0.15, -0.1) is 11.3 Å². The van der Waals surface area contributed by atoms with E-state index in [9.17, 15) is 12.8 Å². The Morgan fingerprint density at radius 3 is 2.67 bits per heavy atom. The molecule has 1 heterocycles. The van der Waals surface area contributed by atoms with E-state index in [1.54, 1.807) is 25.1 Å². The summed E-state index contributed by atoms with van der Waals surface area (Å²) in [6.07, 6.45) is 0. The molecule has 0 aliphatic rings. The minimum absolute atomic E-state index is 0.157. The van der Waals surface area contributed by atoms with Crippen LogP contribution in [0.1, 0.15) is 23.4 Å². The van der Waals surface area contributed by atoms with Crippen LogP contribution in [0.25, 0.3) is 0 Å². The first kappa shape index (κ1) is 15.9. The standard InChI is InChI=1S/C13H10ClFN2O2S2/c1-8(12-4-5-13(14)20-12)17-21(18,19)10-2-3-11(15)9(6-10)7-16/h2-6,8,17H,1H3. The lowest BCUT2D eigenvalue weighted by molar-refractivity contribution is 0.567. The summed E-state index contributed by atoms with van der Waals surface area (Å²) < 4.78 is 40.7. The number of halogens is 2. The van der Waals surface area contributed by atoms with Crippen molar-refractivity contribution in [3.05, 3.63) is 50.9 Å². The third-order valence-corrected chi connectivity index (χ3v) is 5.67. The van der Waals surface area contributed by atoms with Gasteiger partial charge in [0.05, 0.1) is 20.8 Å². The quantitative estimate of drug-likeness (QED) is 0.923. The van der Waals surface area contributed by atoms with Crippen LogP contribution in [0, 0.1) is 17.1 Å². The Morgan fingerprint density at radius 1 is 1.38 bits per heavy atom. The van der Waals surface area contributed by atoms with Crippen molar-refractivity contribution in [3.8, 4) is 6.07 Å². The van der Waals surface area contributed by atoms with E-state index in [-0.39, 0.29) is 10.5 Å². The fourth-order valence-electron chi connectivity index (χ4n) is 1.68. The van der Waals surface area contributed by atoms with Gasteiger partial charge in [-0.3, -0.25) is 0 Å². The van der Waals surface area contributed by atoms with Crippen LogP contribution in [0.4, 0.5) is 4.39 Å². The number of hydrogen-bond donors (Lipinski definition) is 1. The first-order valence-electron chi connectivity index (χ1n) is 5.80. The molecule has 0 bridgehead atoms. The van der Waals surface area contributed by atoms with Crippen molar-refractivity contribution in [2.75, 3.05) is 0 Å². The van der Waals surface area contributed by atoms with Gasteiger partial charge < -0.3 is 0 Å². The Labute approximate surface area is 130 Å². The third kappa shape index (κ3) is 3.60. The van der Waals surface area contributed by atoms with Crippen molar-refractivity contribution in [3.63, 3.8) is 0 Å². The second-order valence-electron chi connectivity index (χ2n) is 4.24. The Kier molecular flexibility index (Phi) is 4.64. The number of nitrogens with one attached hydrogen (secondary N) is 1. The molecule has 1 N–H and O–H groups in total. The summed E-state index contributed by atoms with van der Waals surface area (Å²) in [6, 6.07) is 7.62. The van der Waals surface area contributed by atoms with E-state index >= 15 is 0 Å². The van der Waals surface area contributed by atoms with Crippen molar-refractivity contribution in [2.45, 2.75) is 17.9 Å². The predicted molar refractivity (Wildman–Crippen MR) is 79.2 cm³/mol. The van der Waals surface area contributed by atoms with E-state index in [4.69, 9.17) is 16.9 Å². The zero-order valence-electron chi connectivity index (χ0n) is 10.8. The predicted octanol–water partition coefficient (Wildman–Crippen LogP) is 3.45. The molecule has 1 aromatic carbocycles. The molecule has 0 saturated carbocycles. The van der Waals surface area contributed by atoms with Crippen molar-refractivity contribution in [1.29, 1.82) is 5.26 Å². The molecule has 8 heteroatoms. The molecule has 1 atom stereocenters. The molecular formula is C13H10ClFN2O2S2. The topological polar surface area (TPSA) is 70.0 Å². The molecule has 0 aliphatic heterocycles. The van der Waals surface area contributed by atoms with Gasteiger partial charge in [0.15, 0.2) is 0 Å². The maximum atomic E-state index is 13.2. The van der Waals surface area contributed by atoms with Crippen LogP contribution in [-0.2, 0) is 10.0 Å². The molecule has 2 rings (SSSR count). The highest BCUT2D eigenvalue weighted by Crippen LogP contribution is 2.27. The SMILES string of the molecule is CC(NS(=O)(=O)c1ccc(F)c(C#N)c1)c1ccc(Cl)s1. The molecule has 0 fully saturated rings. The summed E-state index contributed by atoms with van der Waals surface area (Å²) in [5.74, 6) is -0.755. The Hall–Kier alpha value is -1.46. The fourth-order valence-corrected chi connectivity index (χ4v) is 4.06. The highest BCUT2D eigenvalue weighted by Gasteiger charge is 2.20. The minimum atomic E-state index is -3.85. The number of hydrogen-bond acceptors (Lipinski definition) is 4. The number of nitriles is 1. The van der Waals surface area contributed by atoms with Gasteiger partial charge in [-0.2, -0.15) is 5.26 Å². The van der Waals surface area contributed by atoms with Crippen LogP contribution < -0.4 is 4.72 Å². The van der Waals surface area contributed by atoms with E-state index < -0.39 is 21.9 Å². The smallest absolute Gasteiger partial charge is 0.207 e. The Morgan fingerprint density at radius 2 is 2.10 bits per heavy atom. The number of thiophene rings is 1. The molecule has 1 unspecified atom stereocenters. The van der Waals surface area contributed by atoms with E-state index in [0.717, 1.165) is 23.1 Å². The zero-order chi connectivity index (χ0) is 15.6. The average Bonchev–Trinajstić information content (AvgIpc) is 2.85. The van der Waals surface area contributed by atoms with Crippen LogP contribution in [0.2, 0.25) is 4.34 Å². The zero-order valence-corrected chi connectivity index (χ0v) is 13.2. The van der Waals surface area contributed by atoms with E-state index in [1.807, 2.05) is 0 Å². The molecule has 4 nitrogen and oxygen atoms in total. The second kappa shape index (κ2) is 6.12. The Bertz CT molecular complexity index is 812. The fraction of sp³-hybridized carbons (Fsp3) is 0.154. The number of sulfonamides is 1. The van der Waals surface area contributed by atoms with Crippen molar-refractivity contribution in [2.24, 2.45) is 0 Å². The second-order valence-corrected chi connectivity index (χ2v) is 7.70. The van der Waals surface area contributed by atoms with Gasteiger partial charge in [0.1, 0.15) is 11.9 Å². The van der Waals surface area contributed by atoms with E-state index in [1.165, 1.54) is 11.3 Å². The molecule has 110 valence electrons. The van der Waals surface area contributed by atoms with Crippen LogP contribution in [0.3, 0.4) is 0 Å². The molecule has 0 aliphatic carbocycles. The lowest BCUT2D eigenvalue weighted by Gasteiger charge is -2.13. The minimum Gasteiger partial charge on any atom is -0.207 e. The third-order valence-electron chi connectivity index (χ3n) is 2.72. The number of benzene rings is 1. The van der Waals surface area contributed by atoms with Gasteiger partial charge >= 0.3 is 0 Å². The first-order chi connectivity index (χ1) is 9.83. The summed E-state index contributed by atoms with van der Waals surface area (Å²) in [5.41, 5.74) is -0.315. The van der Waals surface area contributed by atoms with E-state index in [0.29, 0.717) is 4.34 Å². The molecular weight excluding hydrogens is 335 g/mol. The van der Waals surface area contributed by atoms with Crippen LogP contribution in [0.15, 0.2) is 35.2 Å². The van der Waals surface area contributed by atoms with Crippen molar-refractivity contribution >= 4 is 33.0 Å². The summed E-state index contributed by atoms with van der Waals surface area (Å²) in [5, 5.41) is 8.75. The summed E-state index contributed by atoms with van der Waals surface area (Å²) in [4.78, 5) is 0.598. The molecule has 21 heavy (non-hydrogen) atoms. The normalized spacial score (nSPS) is 12.9. The Balaban J connectivity index is 2.28. The average molecular weight is 345 g/mol. The van der Waals surface area contributed by atoms with Gasteiger partial charge in [-0.1, -0.05) is 11.6 Å². The summed E-state index contributed by atoms with van der Waals surface area (Å²) in [6.45, 7) is 1.68. The van der Waals surface area contributed by atoms with Crippen LogP contribution in [-0.4, -0.2) is 8.42 Å². The largest absolute Gasteiger partial charge is 0.241 e. The van der Waals surface area contributed by atoms with E-state index in [2.05, 4.69) is 4.72 Å². The van der Waals surface area contributed by atoms with Gasteiger partial charge in [0.25, 0.3) is 0 Å². The molecule has 0 amide bonds. The first-order valence-corrected chi connectivity index (χ1v) is 8.48. The van der Waals surface area contributed by atoms with Gasteiger partial charge in [-0.25, -0.2) is 17.5 Å². The maximum absolute atomic E-state index is 13.2. The summed E-state index contributed by atoms with van der Waals surface area (Å²) in [7, 11) is -3.85. The lowest BCUT2D eigenvalue weighted by atomic mass is 10.2. The lowest BCUT2D eigenvalue weighted by Crippen LogP contribution is -2.26. The van der Waals surface area contributed by atoms with Crippen LogP contribution >= 0.6 is 22.9 Å². The molecule has 2 aromatic rings. The summed E-state index contributed by atoms with van der Waals surface area (Å²) >= 11 is 7.08. The highest BCUT2D eigenvalue weighted by molar-refractivity contribution is 7.89. The van der Waals surface area contributed by atoms with Crippen molar-refractivity contribution in [1.82, 2.24) is 4.72 Å². The number of nitrogens with zero attached hydrogens (tertiary/aromatic N) is 1. The molecule has 0 saturated heterocycles. The van der Waals surface area contributed by atoms with Crippen molar-refractivity contribution < 1.29 is 12.8 Å². The molecule has 1 aromatic heterocycles.